The predicted molar refractivity (Wildman–Crippen MR) is 147 cm³/mol. The number of nitrogens with one attached hydrogen (secondary N) is 1. The Morgan fingerprint density at radius 3 is 1.89 bits per heavy atom. The zero-order chi connectivity index (χ0) is 27.3. The van der Waals surface area contributed by atoms with Crippen molar-refractivity contribution in [3.8, 4) is 0 Å². The lowest BCUT2D eigenvalue weighted by atomic mass is 9.65. The molecule has 4 rings (SSSR count). The van der Waals surface area contributed by atoms with E-state index in [2.05, 4.69) is 41.4 Å². The molecule has 7 nitrogen and oxygen atoms in total. The third-order valence-electron chi connectivity index (χ3n) is 9.02. The van der Waals surface area contributed by atoms with Gasteiger partial charge in [0.05, 0.1) is 10.8 Å². The summed E-state index contributed by atoms with van der Waals surface area (Å²) in [6.07, 6.45) is 16.0. The predicted octanol–water partition coefficient (Wildman–Crippen LogP) is 4.29. The Morgan fingerprint density at radius 1 is 0.919 bits per heavy atom. The van der Waals surface area contributed by atoms with Gasteiger partial charge in [-0.1, -0.05) is 18.2 Å². The van der Waals surface area contributed by atoms with Crippen molar-refractivity contribution in [1.29, 1.82) is 0 Å². The summed E-state index contributed by atoms with van der Waals surface area (Å²) in [4.78, 5) is 40.6. The van der Waals surface area contributed by atoms with E-state index in [0.717, 1.165) is 77.5 Å². The van der Waals surface area contributed by atoms with Gasteiger partial charge in [-0.05, 0) is 130 Å². The van der Waals surface area contributed by atoms with Gasteiger partial charge in [-0.25, -0.2) is 0 Å². The fourth-order valence-corrected chi connectivity index (χ4v) is 6.44. The van der Waals surface area contributed by atoms with Crippen molar-refractivity contribution in [2.45, 2.75) is 84.1 Å². The number of ketones is 1. The molecule has 2 N–H and O–H groups in total. The number of hydrogen-bond acceptors (Lipinski definition) is 5. The van der Waals surface area contributed by atoms with Gasteiger partial charge >= 0.3 is 5.97 Å². The SMILES string of the molecule is CN1CCC(C(=O)NC(C)(C)C)(C2C=CC(=O)CC2)CC1.CN1CCC(C(=O)O)(C2C=CCCC2)CC1. The Kier molecular flexibility index (Phi) is 9.79. The molecule has 7 heteroatoms. The quantitative estimate of drug-likeness (QED) is 0.543. The zero-order valence-corrected chi connectivity index (χ0v) is 23.7. The van der Waals surface area contributed by atoms with Crippen molar-refractivity contribution in [1.82, 2.24) is 15.1 Å². The highest BCUT2D eigenvalue weighted by Gasteiger charge is 2.48. The van der Waals surface area contributed by atoms with Gasteiger partial charge in [-0.2, -0.15) is 0 Å². The number of aliphatic carboxylic acids is 1. The molecule has 2 atom stereocenters. The standard InChI is InChI=1S/C17H28N2O2.C13H21NO2/c1-16(2,3)18-15(21)17(9-11-19(4)12-10-17)13-5-7-14(20)8-6-13;1-14-9-7-13(8-10-14,12(15)16)11-5-3-2-4-6-11/h5,7,13H,6,8-12H2,1-4H3,(H,18,21);3,5,11H,2,4,6-10H2,1H3,(H,15,16). The fourth-order valence-electron chi connectivity index (χ4n) is 6.44. The Hall–Kier alpha value is -1.99. The van der Waals surface area contributed by atoms with E-state index < -0.39 is 11.4 Å². The lowest BCUT2D eigenvalue weighted by molar-refractivity contribution is -0.155. The van der Waals surface area contributed by atoms with Crippen LogP contribution in [0.15, 0.2) is 24.3 Å². The summed E-state index contributed by atoms with van der Waals surface area (Å²) in [5.74, 6) is 0.202. The van der Waals surface area contributed by atoms with Gasteiger partial charge in [-0.15, -0.1) is 0 Å². The van der Waals surface area contributed by atoms with E-state index in [-0.39, 0.29) is 34.5 Å². The van der Waals surface area contributed by atoms with Crippen molar-refractivity contribution < 1.29 is 19.5 Å². The van der Waals surface area contributed by atoms with Gasteiger partial charge in [-0.3, -0.25) is 14.4 Å². The third-order valence-corrected chi connectivity index (χ3v) is 9.02. The van der Waals surface area contributed by atoms with Crippen LogP contribution in [0.2, 0.25) is 0 Å². The molecule has 4 aliphatic rings. The van der Waals surface area contributed by atoms with Crippen molar-refractivity contribution in [2.24, 2.45) is 22.7 Å². The van der Waals surface area contributed by atoms with Crippen molar-refractivity contribution in [3.63, 3.8) is 0 Å². The molecule has 0 aromatic rings. The van der Waals surface area contributed by atoms with E-state index in [9.17, 15) is 19.5 Å². The highest BCUT2D eigenvalue weighted by Crippen LogP contribution is 2.44. The molecule has 37 heavy (non-hydrogen) atoms. The van der Waals surface area contributed by atoms with E-state index in [1.54, 1.807) is 6.08 Å². The molecule has 2 unspecified atom stereocenters. The number of carbonyl (C=O) groups is 3. The van der Waals surface area contributed by atoms with Crippen LogP contribution in [-0.4, -0.2) is 78.4 Å². The van der Waals surface area contributed by atoms with Gasteiger partial charge in [0.25, 0.3) is 0 Å². The number of allylic oxidation sites excluding steroid dienone is 4. The van der Waals surface area contributed by atoms with Crippen molar-refractivity contribution >= 4 is 17.7 Å². The normalized spacial score (nSPS) is 28.2. The number of nitrogens with zero attached hydrogens (tertiary/aromatic N) is 2. The summed E-state index contributed by atoms with van der Waals surface area (Å²) in [5, 5.41) is 12.8. The maximum atomic E-state index is 13.0. The molecule has 0 bridgehead atoms. The maximum absolute atomic E-state index is 13.0. The number of carboxylic acids is 1. The summed E-state index contributed by atoms with van der Waals surface area (Å²) in [5.41, 5.74) is -1.05. The average molecular weight is 516 g/mol. The third kappa shape index (κ3) is 7.32. The summed E-state index contributed by atoms with van der Waals surface area (Å²) in [6, 6.07) is 0. The topological polar surface area (TPSA) is 90.0 Å². The second-order valence-electron chi connectivity index (χ2n) is 12.9. The summed E-state index contributed by atoms with van der Waals surface area (Å²) in [7, 11) is 4.17. The minimum absolute atomic E-state index is 0.159. The molecule has 2 fully saturated rings. The number of likely N-dealkylation sites (tertiary alicyclic amines) is 2. The molecule has 2 aliphatic heterocycles. The molecule has 0 aromatic heterocycles. The molecule has 1 amide bonds. The average Bonchev–Trinajstić information content (AvgIpc) is 2.85. The first kappa shape index (κ1) is 29.6. The molecule has 2 saturated heterocycles. The lowest BCUT2D eigenvalue weighted by Gasteiger charge is -2.45. The molecular formula is C30H49N3O4. The van der Waals surface area contributed by atoms with E-state index in [0.29, 0.717) is 6.42 Å². The van der Waals surface area contributed by atoms with Crippen LogP contribution in [0.25, 0.3) is 0 Å². The van der Waals surface area contributed by atoms with Crippen LogP contribution >= 0.6 is 0 Å². The Bertz CT molecular complexity index is 872. The molecule has 0 aromatic carbocycles. The Labute approximate surface area is 223 Å². The summed E-state index contributed by atoms with van der Waals surface area (Å²) < 4.78 is 0. The lowest BCUT2D eigenvalue weighted by Crippen LogP contribution is -2.55. The number of carboxylic acid groups (broad SMARTS) is 1. The molecular weight excluding hydrogens is 466 g/mol. The number of carbonyl (C=O) groups excluding carboxylic acids is 2. The van der Waals surface area contributed by atoms with E-state index in [1.165, 1.54) is 0 Å². The molecule has 2 heterocycles. The van der Waals surface area contributed by atoms with E-state index in [1.807, 2.05) is 26.8 Å². The highest BCUT2D eigenvalue weighted by molar-refractivity contribution is 5.91. The van der Waals surface area contributed by atoms with Crippen LogP contribution in [0.4, 0.5) is 0 Å². The number of rotatable bonds is 4. The van der Waals surface area contributed by atoms with Gasteiger partial charge < -0.3 is 20.2 Å². The molecule has 2 aliphatic carbocycles. The van der Waals surface area contributed by atoms with E-state index in [4.69, 9.17) is 0 Å². The van der Waals surface area contributed by atoms with Gasteiger partial charge in [0.15, 0.2) is 5.78 Å². The number of amides is 1. The number of piperidine rings is 2. The van der Waals surface area contributed by atoms with Gasteiger partial charge in [0.1, 0.15) is 0 Å². The highest BCUT2D eigenvalue weighted by atomic mass is 16.4. The zero-order valence-electron chi connectivity index (χ0n) is 23.7. The van der Waals surface area contributed by atoms with Gasteiger partial charge in [0.2, 0.25) is 5.91 Å². The summed E-state index contributed by atoms with van der Waals surface area (Å²) >= 11 is 0. The van der Waals surface area contributed by atoms with Crippen molar-refractivity contribution in [3.05, 3.63) is 24.3 Å². The molecule has 208 valence electrons. The fraction of sp³-hybridized carbons (Fsp3) is 0.767. The first-order chi connectivity index (χ1) is 17.4. The van der Waals surface area contributed by atoms with Crippen molar-refractivity contribution in [2.75, 3.05) is 40.3 Å². The minimum Gasteiger partial charge on any atom is -0.481 e. The minimum atomic E-state index is -0.586. The molecule has 0 spiro atoms. The van der Waals surface area contributed by atoms with E-state index >= 15 is 0 Å². The first-order valence-electron chi connectivity index (χ1n) is 14.2. The van der Waals surface area contributed by atoms with Crippen LogP contribution in [0.1, 0.15) is 78.6 Å². The first-order valence-corrected chi connectivity index (χ1v) is 14.2. The van der Waals surface area contributed by atoms with Crippen LogP contribution in [0.5, 0.6) is 0 Å². The molecule has 0 saturated carbocycles. The van der Waals surface area contributed by atoms with Crippen LogP contribution < -0.4 is 5.32 Å². The van der Waals surface area contributed by atoms with Crippen LogP contribution in [0.3, 0.4) is 0 Å². The van der Waals surface area contributed by atoms with Crippen LogP contribution in [0, 0.1) is 22.7 Å². The second kappa shape index (κ2) is 12.2. The second-order valence-corrected chi connectivity index (χ2v) is 12.9. The smallest absolute Gasteiger partial charge is 0.310 e. The Balaban J connectivity index is 0.000000213. The Morgan fingerprint density at radius 2 is 1.46 bits per heavy atom. The monoisotopic (exact) mass is 515 g/mol. The number of hydrogen-bond donors (Lipinski definition) is 2. The van der Waals surface area contributed by atoms with Gasteiger partial charge in [0, 0.05) is 12.0 Å². The van der Waals surface area contributed by atoms with Crippen LogP contribution in [-0.2, 0) is 14.4 Å². The molecule has 0 radical (unpaired) electrons. The maximum Gasteiger partial charge on any atom is 0.310 e. The largest absolute Gasteiger partial charge is 0.481 e. The summed E-state index contributed by atoms with van der Waals surface area (Å²) in [6.45, 7) is 9.77.